The minimum Gasteiger partial charge on any atom is -0.459 e. The summed E-state index contributed by atoms with van der Waals surface area (Å²) >= 11 is 12.0. The van der Waals surface area contributed by atoms with E-state index in [0.29, 0.717) is 26.9 Å². The van der Waals surface area contributed by atoms with Crippen LogP contribution in [0, 0.1) is 0 Å². The van der Waals surface area contributed by atoms with Gasteiger partial charge >= 0.3 is 0 Å². The van der Waals surface area contributed by atoms with Gasteiger partial charge in [-0.1, -0.05) is 83.9 Å². The second-order valence-electron chi connectivity index (χ2n) is 10.5. The maximum atomic E-state index is 13.6. The topological polar surface area (TPSA) is 129 Å². The average molecular weight is 726 g/mol. The largest absolute Gasteiger partial charge is 0.459 e. The molecule has 5 aromatic rings. The number of amides is 1. The number of rotatable bonds is 14. The number of benzene rings is 4. The van der Waals surface area contributed by atoms with Gasteiger partial charge in [0.2, 0.25) is 20.0 Å². The summed E-state index contributed by atoms with van der Waals surface area (Å²) in [7, 11) is -7.98. The van der Waals surface area contributed by atoms with Crippen molar-refractivity contribution in [2.45, 2.75) is 29.4 Å². The highest BCUT2D eigenvalue weighted by atomic mass is 35.5. The fourth-order valence-electron chi connectivity index (χ4n) is 4.62. The van der Waals surface area contributed by atoms with Gasteiger partial charge in [0, 0.05) is 23.1 Å². The highest BCUT2D eigenvalue weighted by Crippen LogP contribution is 2.24. The number of nitrogens with zero attached hydrogens (tertiary/aromatic N) is 3. The van der Waals surface area contributed by atoms with Gasteiger partial charge in [-0.05, 0) is 71.8 Å². The third kappa shape index (κ3) is 9.19. The summed E-state index contributed by atoms with van der Waals surface area (Å²) in [5, 5.41) is 4.86. The maximum absolute atomic E-state index is 13.6. The Morgan fingerprint density at radius 1 is 0.646 bits per heavy atom. The molecule has 4 aromatic carbocycles. The first kappa shape index (κ1) is 35.0. The predicted molar refractivity (Wildman–Crippen MR) is 184 cm³/mol. The summed E-state index contributed by atoms with van der Waals surface area (Å²) in [5.74, 6) is -0.118. The predicted octanol–water partition coefficient (Wildman–Crippen LogP) is 6.32. The van der Waals surface area contributed by atoms with Crippen LogP contribution in [0.1, 0.15) is 22.6 Å². The number of carbonyl (C=O) groups excluding carboxylic acids is 1. The second kappa shape index (κ2) is 15.7. The number of hydrazone groups is 1. The third-order valence-corrected chi connectivity index (χ3v) is 11.1. The van der Waals surface area contributed by atoms with E-state index in [2.05, 4.69) is 10.5 Å². The number of sulfonamides is 2. The van der Waals surface area contributed by atoms with Gasteiger partial charge in [0.05, 0.1) is 29.1 Å². The number of furan rings is 1. The molecule has 48 heavy (non-hydrogen) atoms. The van der Waals surface area contributed by atoms with Crippen molar-refractivity contribution in [2.75, 3.05) is 6.54 Å². The molecule has 0 unspecified atom stereocenters. The molecule has 14 heteroatoms. The van der Waals surface area contributed by atoms with Crippen LogP contribution in [0.5, 0.6) is 0 Å². The molecule has 10 nitrogen and oxygen atoms in total. The molecule has 0 aliphatic heterocycles. The molecule has 5 rings (SSSR count). The lowest BCUT2D eigenvalue weighted by Crippen LogP contribution is -2.39. The van der Waals surface area contributed by atoms with E-state index in [1.165, 1.54) is 46.9 Å². The Morgan fingerprint density at radius 2 is 1.17 bits per heavy atom. The Labute approximate surface area is 289 Å². The molecule has 0 spiro atoms. The Kier molecular flexibility index (Phi) is 11.5. The van der Waals surface area contributed by atoms with E-state index in [4.69, 9.17) is 27.6 Å². The summed E-state index contributed by atoms with van der Waals surface area (Å²) in [4.78, 5) is 13.0. The maximum Gasteiger partial charge on any atom is 0.255 e. The van der Waals surface area contributed by atoms with Gasteiger partial charge in [0.25, 0.3) is 5.91 Å². The molecule has 1 N–H and O–H groups in total. The van der Waals surface area contributed by atoms with Crippen molar-refractivity contribution in [2.24, 2.45) is 5.10 Å². The van der Waals surface area contributed by atoms with Crippen LogP contribution in [0.4, 0.5) is 0 Å². The normalized spacial score (nSPS) is 12.2. The number of hydrogen-bond acceptors (Lipinski definition) is 7. The Hall–Kier alpha value is -4.30. The van der Waals surface area contributed by atoms with E-state index in [0.717, 1.165) is 4.31 Å². The summed E-state index contributed by atoms with van der Waals surface area (Å²) < 4.78 is 62.2. The van der Waals surface area contributed by atoms with Crippen LogP contribution in [0.2, 0.25) is 10.0 Å². The molecule has 0 saturated heterocycles. The monoisotopic (exact) mass is 724 g/mol. The zero-order valence-corrected chi connectivity index (χ0v) is 28.5. The molecular weight excluding hydrogens is 695 g/mol. The minimum absolute atomic E-state index is 0.0256. The molecule has 0 aliphatic rings. The van der Waals surface area contributed by atoms with Gasteiger partial charge in [-0.3, -0.25) is 4.79 Å². The van der Waals surface area contributed by atoms with Crippen LogP contribution >= 0.6 is 23.2 Å². The van der Waals surface area contributed by atoms with Crippen molar-refractivity contribution < 1.29 is 26.0 Å². The SMILES string of the molecule is O=C(CN(Cc1ccccc1)S(=O)(=O)c1ccccc1)N/N=C\c1ccc(CN(Cc2ccc(Cl)cc2)S(=O)(=O)c2ccc(Cl)cc2)o1. The van der Waals surface area contributed by atoms with Crippen LogP contribution in [-0.4, -0.2) is 44.1 Å². The van der Waals surface area contributed by atoms with Crippen LogP contribution in [0.3, 0.4) is 0 Å². The van der Waals surface area contributed by atoms with Gasteiger partial charge < -0.3 is 4.42 Å². The second-order valence-corrected chi connectivity index (χ2v) is 15.3. The van der Waals surface area contributed by atoms with Crippen LogP contribution in [-0.2, 0) is 44.5 Å². The van der Waals surface area contributed by atoms with Gasteiger partial charge in [0.1, 0.15) is 11.5 Å². The third-order valence-electron chi connectivity index (χ3n) is 7.02. The standard InChI is InChI=1S/C34H30Cl2N4O6S2/c35-28-13-11-27(12-14-28)23-39(48(44,45)33-19-15-29(36)16-20-33)24-31-18-17-30(46-31)21-37-38-34(41)25-40(22-26-7-3-1-4-8-26)47(42,43)32-9-5-2-6-10-32/h1-21H,22-25H2,(H,38,41)/b37-21-. The lowest BCUT2D eigenvalue weighted by atomic mass is 10.2. The van der Waals surface area contributed by atoms with Crippen molar-refractivity contribution in [3.05, 3.63) is 154 Å². The van der Waals surface area contributed by atoms with E-state index in [1.54, 1.807) is 78.9 Å². The van der Waals surface area contributed by atoms with Crippen LogP contribution in [0.15, 0.2) is 141 Å². The number of hydrogen-bond donors (Lipinski definition) is 1. The van der Waals surface area contributed by atoms with E-state index >= 15 is 0 Å². The van der Waals surface area contributed by atoms with Crippen molar-refractivity contribution in [3.63, 3.8) is 0 Å². The van der Waals surface area contributed by atoms with Gasteiger partial charge in [-0.2, -0.15) is 13.7 Å². The Balaban J connectivity index is 1.28. The molecule has 248 valence electrons. The highest BCUT2D eigenvalue weighted by Gasteiger charge is 2.28. The van der Waals surface area contributed by atoms with Crippen molar-refractivity contribution >= 4 is 55.4 Å². The lowest BCUT2D eigenvalue weighted by molar-refractivity contribution is -0.121. The van der Waals surface area contributed by atoms with Crippen LogP contribution < -0.4 is 5.43 Å². The van der Waals surface area contributed by atoms with E-state index in [9.17, 15) is 21.6 Å². The Morgan fingerprint density at radius 3 is 1.81 bits per heavy atom. The van der Waals surface area contributed by atoms with Crippen molar-refractivity contribution in [1.29, 1.82) is 0 Å². The number of halogens is 2. The summed E-state index contributed by atoms with van der Waals surface area (Å²) in [6, 6.07) is 32.7. The fraction of sp³-hybridized carbons (Fsp3) is 0.118. The average Bonchev–Trinajstić information content (AvgIpc) is 3.53. The van der Waals surface area contributed by atoms with E-state index in [1.807, 2.05) is 6.07 Å². The molecule has 1 heterocycles. The highest BCUT2D eigenvalue weighted by molar-refractivity contribution is 7.89. The molecule has 0 saturated carbocycles. The van der Waals surface area contributed by atoms with Gasteiger partial charge in [0.15, 0.2) is 0 Å². The molecule has 0 fully saturated rings. The first-order valence-electron chi connectivity index (χ1n) is 14.5. The summed E-state index contributed by atoms with van der Waals surface area (Å²) in [6.45, 7) is -0.593. The van der Waals surface area contributed by atoms with Gasteiger partial charge in [-0.25, -0.2) is 22.3 Å². The van der Waals surface area contributed by atoms with Crippen molar-refractivity contribution in [1.82, 2.24) is 14.0 Å². The molecule has 1 aromatic heterocycles. The minimum atomic E-state index is -4.00. The molecule has 0 bridgehead atoms. The smallest absolute Gasteiger partial charge is 0.255 e. The molecule has 0 atom stereocenters. The quantitative estimate of drug-likeness (QED) is 0.105. The molecule has 0 aliphatic carbocycles. The van der Waals surface area contributed by atoms with Gasteiger partial charge in [-0.15, -0.1) is 0 Å². The Bertz CT molecular complexity index is 2080. The molecule has 0 radical (unpaired) electrons. The molecule has 1 amide bonds. The molecular formula is C34H30Cl2N4O6S2. The first-order chi connectivity index (χ1) is 23.0. The zero-order valence-electron chi connectivity index (χ0n) is 25.3. The number of nitrogens with one attached hydrogen (secondary N) is 1. The first-order valence-corrected chi connectivity index (χ1v) is 18.1. The zero-order chi connectivity index (χ0) is 34.1. The van der Waals surface area contributed by atoms with Crippen molar-refractivity contribution in [3.8, 4) is 0 Å². The summed E-state index contributed by atoms with van der Waals surface area (Å²) in [5.41, 5.74) is 3.76. The van der Waals surface area contributed by atoms with E-state index in [-0.39, 0.29) is 35.2 Å². The number of carbonyl (C=O) groups is 1. The lowest BCUT2D eigenvalue weighted by Gasteiger charge is -2.21. The van der Waals surface area contributed by atoms with E-state index < -0.39 is 32.5 Å². The summed E-state index contributed by atoms with van der Waals surface area (Å²) in [6.07, 6.45) is 1.24. The fourth-order valence-corrected chi connectivity index (χ4v) is 7.67. The van der Waals surface area contributed by atoms with Crippen LogP contribution in [0.25, 0.3) is 0 Å².